The minimum Gasteiger partial charge on any atom is -0.379 e. The van der Waals surface area contributed by atoms with E-state index in [9.17, 15) is 4.79 Å². The molecule has 0 spiro atoms. The van der Waals surface area contributed by atoms with Gasteiger partial charge in [0.15, 0.2) is 0 Å². The topological polar surface area (TPSA) is 38.3 Å². The summed E-state index contributed by atoms with van der Waals surface area (Å²) in [5.74, 6) is 0.0911. The van der Waals surface area contributed by atoms with Crippen LogP contribution in [0.2, 0.25) is 0 Å². The Balaban J connectivity index is 1.96. The third kappa shape index (κ3) is 3.06. The van der Waals surface area contributed by atoms with Gasteiger partial charge < -0.3 is 10.1 Å². The third-order valence-electron chi connectivity index (χ3n) is 2.48. The minimum atomic E-state index is 0.0911. The molecular formula is C12H15NO2. The maximum atomic E-state index is 11.3. The average molecular weight is 205 g/mol. The van der Waals surface area contributed by atoms with E-state index in [1.54, 1.807) is 0 Å². The molecule has 1 aromatic rings. The summed E-state index contributed by atoms with van der Waals surface area (Å²) in [6.07, 6.45) is 1.32. The number of ether oxygens (including phenoxy) is 1. The van der Waals surface area contributed by atoms with E-state index < -0.39 is 0 Å². The fraction of sp³-hybridized carbons (Fsp3) is 0.417. The minimum absolute atomic E-state index is 0.0911. The molecule has 3 heteroatoms. The van der Waals surface area contributed by atoms with Crippen molar-refractivity contribution in [2.45, 2.75) is 18.9 Å². The van der Waals surface area contributed by atoms with E-state index in [0.717, 1.165) is 6.42 Å². The van der Waals surface area contributed by atoms with Crippen LogP contribution in [0, 0.1) is 0 Å². The quantitative estimate of drug-likeness (QED) is 0.786. The van der Waals surface area contributed by atoms with Crippen LogP contribution in [0.15, 0.2) is 30.3 Å². The first-order valence-electron chi connectivity index (χ1n) is 5.25. The van der Waals surface area contributed by atoms with Crippen LogP contribution in [-0.2, 0) is 16.0 Å². The number of amides is 1. The molecule has 1 aromatic carbocycles. The third-order valence-corrected chi connectivity index (χ3v) is 2.48. The Kier molecular flexibility index (Phi) is 3.35. The molecule has 80 valence electrons. The second-order valence-corrected chi connectivity index (χ2v) is 3.78. The number of carbonyl (C=O) groups is 1. The summed E-state index contributed by atoms with van der Waals surface area (Å²) in [5, 5.41) is 2.96. The lowest BCUT2D eigenvalue weighted by Crippen LogP contribution is -2.37. The molecule has 1 aliphatic heterocycles. The molecule has 1 fully saturated rings. The molecule has 1 heterocycles. The molecule has 0 radical (unpaired) electrons. The van der Waals surface area contributed by atoms with E-state index in [1.807, 2.05) is 18.2 Å². The standard InChI is InChI=1S/C12H15NO2/c14-12-6-7-15-9-11(13-12)8-10-4-2-1-3-5-10/h1-5,11H,6-9H2,(H,13,14). The van der Waals surface area contributed by atoms with Gasteiger partial charge >= 0.3 is 0 Å². The van der Waals surface area contributed by atoms with Gasteiger partial charge in [-0.2, -0.15) is 0 Å². The van der Waals surface area contributed by atoms with Gasteiger partial charge in [0.1, 0.15) is 0 Å². The van der Waals surface area contributed by atoms with Gasteiger partial charge in [-0.05, 0) is 12.0 Å². The molecule has 1 atom stereocenters. The number of hydrogen-bond acceptors (Lipinski definition) is 2. The van der Waals surface area contributed by atoms with Gasteiger partial charge in [-0.25, -0.2) is 0 Å². The molecule has 1 N–H and O–H groups in total. The normalized spacial score (nSPS) is 21.9. The molecule has 15 heavy (non-hydrogen) atoms. The molecule has 0 aliphatic carbocycles. The van der Waals surface area contributed by atoms with Gasteiger partial charge in [0.25, 0.3) is 0 Å². The summed E-state index contributed by atoms with van der Waals surface area (Å²) in [4.78, 5) is 11.3. The first kappa shape index (κ1) is 10.2. The summed E-state index contributed by atoms with van der Waals surface area (Å²) < 4.78 is 5.37. The van der Waals surface area contributed by atoms with Crippen LogP contribution < -0.4 is 5.32 Å². The molecule has 1 saturated heterocycles. The first-order chi connectivity index (χ1) is 7.34. The Morgan fingerprint density at radius 1 is 1.33 bits per heavy atom. The van der Waals surface area contributed by atoms with Crippen molar-refractivity contribution in [2.75, 3.05) is 13.2 Å². The highest BCUT2D eigenvalue weighted by Gasteiger charge is 2.16. The van der Waals surface area contributed by atoms with Crippen LogP contribution in [0.3, 0.4) is 0 Å². The van der Waals surface area contributed by atoms with E-state index in [0.29, 0.717) is 19.6 Å². The highest BCUT2D eigenvalue weighted by atomic mass is 16.5. The van der Waals surface area contributed by atoms with Crippen LogP contribution in [0.25, 0.3) is 0 Å². The van der Waals surface area contributed by atoms with Crippen molar-refractivity contribution in [3.8, 4) is 0 Å². The monoisotopic (exact) mass is 205 g/mol. The summed E-state index contributed by atoms with van der Waals surface area (Å²) in [7, 11) is 0. The Bertz CT molecular complexity index is 324. The van der Waals surface area contributed by atoms with E-state index in [-0.39, 0.29) is 11.9 Å². The molecule has 1 unspecified atom stereocenters. The zero-order chi connectivity index (χ0) is 10.5. The lowest BCUT2D eigenvalue weighted by Gasteiger charge is -2.14. The van der Waals surface area contributed by atoms with Crippen LogP contribution in [0.5, 0.6) is 0 Å². The maximum absolute atomic E-state index is 11.3. The van der Waals surface area contributed by atoms with E-state index >= 15 is 0 Å². The molecule has 1 aliphatic rings. The Hall–Kier alpha value is -1.35. The van der Waals surface area contributed by atoms with Crippen molar-refractivity contribution in [1.82, 2.24) is 5.32 Å². The second-order valence-electron chi connectivity index (χ2n) is 3.78. The summed E-state index contributed by atoms with van der Waals surface area (Å²) in [6, 6.07) is 10.3. The number of rotatable bonds is 2. The Labute approximate surface area is 89.4 Å². The van der Waals surface area contributed by atoms with E-state index in [1.165, 1.54) is 5.56 Å². The molecule has 3 nitrogen and oxygen atoms in total. The van der Waals surface area contributed by atoms with Crippen LogP contribution >= 0.6 is 0 Å². The lowest BCUT2D eigenvalue weighted by atomic mass is 10.1. The van der Waals surface area contributed by atoms with Crippen LogP contribution in [0.1, 0.15) is 12.0 Å². The summed E-state index contributed by atoms with van der Waals surface area (Å²) in [6.45, 7) is 1.15. The highest BCUT2D eigenvalue weighted by molar-refractivity contribution is 5.76. The lowest BCUT2D eigenvalue weighted by molar-refractivity contribution is -0.121. The van der Waals surface area contributed by atoms with Gasteiger partial charge in [0, 0.05) is 6.42 Å². The van der Waals surface area contributed by atoms with Gasteiger partial charge in [0.2, 0.25) is 5.91 Å². The molecule has 2 rings (SSSR count). The fourth-order valence-corrected chi connectivity index (χ4v) is 1.74. The van der Waals surface area contributed by atoms with Crippen LogP contribution in [-0.4, -0.2) is 25.2 Å². The van der Waals surface area contributed by atoms with Crippen molar-refractivity contribution in [3.05, 3.63) is 35.9 Å². The Morgan fingerprint density at radius 3 is 2.93 bits per heavy atom. The maximum Gasteiger partial charge on any atom is 0.222 e. The number of nitrogens with one attached hydrogen (secondary N) is 1. The number of carbonyl (C=O) groups excluding carboxylic acids is 1. The SMILES string of the molecule is O=C1CCOCC(Cc2ccccc2)N1. The molecule has 0 saturated carbocycles. The molecule has 0 aromatic heterocycles. The van der Waals surface area contributed by atoms with Crippen molar-refractivity contribution in [3.63, 3.8) is 0 Å². The van der Waals surface area contributed by atoms with Crippen molar-refractivity contribution in [2.24, 2.45) is 0 Å². The fourth-order valence-electron chi connectivity index (χ4n) is 1.74. The van der Waals surface area contributed by atoms with Crippen molar-refractivity contribution >= 4 is 5.91 Å². The molecule has 1 amide bonds. The predicted molar refractivity (Wildman–Crippen MR) is 57.5 cm³/mol. The largest absolute Gasteiger partial charge is 0.379 e. The zero-order valence-corrected chi connectivity index (χ0v) is 8.61. The summed E-state index contributed by atoms with van der Waals surface area (Å²) >= 11 is 0. The van der Waals surface area contributed by atoms with Gasteiger partial charge in [-0.3, -0.25) is 4.79 Å². The zero-order valence-electron chi connectivity index (χ0n) is 8.61. The highest BCUT2D eigenvalue weighted by Crippen LogP contribution is 2.05. The van der Waals surface area contributed by atoms with Crippen molar-refractivity contribution < 1.29 is 9.53 Å². The average Bonchev–Trinajstić information content (AvgIpc) is 2.44. The number of benzene rings is 1. The Morgan fingerprint density at radius 2 is 2.13 bits per heavy atom. The number of hydrogen-bond donors (Lipinski definition) is 1. The smallest absolute Gasteiger partial charge is 0.222 e. The van der Waals surface area contributed by atoms with Crippen LogP contribution in [0.4, 0.5) is 0 Å². The van der Waals surface area contributed by atoms with E-state index in [4.69, 9.17) is 4.74 Å². The second kappa shape index (κ2) is 4.94. The van der Waals surface area contributed by atoms with Crippen molar-refractivity contribution in [1.29, 1.82) is 0 Å². The first-order valence-corrected chi connectivity index (χ1v) is 5.25. The molecule has 0 bridgehead atoms. The predicted octanol–water partition coefficient (Wildman–Crippen LogP) is 1.13. The van der Waals surface area contributed by atoms with E-state index in [2.05, 4.69) is 17.4 Å². The molecular weight excluding hydrogens is 190 g/mol. The van der Waals surface area contributed by atoms with Gasteiger partial charge in [0.05, 0.1) is 19.3 Å². The van der Waals surface area contributed by atoms with Gasteiger partial charge in [-0.15, -0.1) is 0 Å². The summed E-state index contributed by atoms with van der Waals surface area (Å²) in [5.41, 5.74) is 1.23. The van der Waals surface area contributed by atoms with Gasteiger partial charge in [-0.1, -0.05) is 30.3 Å².